The molecular formula is C17H15NOS. The van der Waals surface area contributed by atoms with Crippen LogP contribution < -0.4 is 4.74 Å². The Balaban J connectivity index is 1.86. The smallest absolute Gasteiger partial charge is 0.118 e. The van der Waals surface area contributed by atoms with Crippen LogP contribution in [0.1, 0.15) is 10.4 Å². The molecular weight excluding hydrogens is 266 g/mol. The molecule has 0 amide bonds. The van der Waals surface area contributed by atoms with Gasteiger partial charge < -0.3 is 4.74 Å². The average Bonchev–Trinajstić information content (AvgIpc) is 2.97. The lowest BCUT2D eigenvalue weighted by Crippen LogP contribution is -1.89. The van der Waals surface area contributed by atoms with Crippen molar-refractivity contribution in [1.29, 1.82) is 0 Å². The molecule has 100 valence electrons. The summed E-state index contributed by atoms with van der Waals surface area (Å²) in [4.78, 5) is 5.80. The highest BCUT2D eigenvalue weighted by atomic mass is 32.1. The van der Waals surface area contributed by atoms with E-state index in [2.05, 4.69) is 29.2 Å². The first-order chi connectivity index (χ1) is 9.86. The first-order valence-electron chi connectivity index (χ1n) is 6.47. The van der Waals surface area contributed by atoms with Crippen LogP contribution in [0.5, 0.6) is 5.75 Å². The topological polar surface area (TPSA) is 22.1 Å². The van der Waals surface area contributed by atoms with Crippen molar-refractivity contribution in [2.75, 3.05) is 7.11 Å². The van der Waals surface area contributed by atoms with Gasteiger partial charge in [-0.1, -0.05) is 42.5 Å². The summed E-state index contributed by atoms with van der Waals surface area (Å²) in [6.07, 6.45) is 0.902. The minimum atomic E-state index is 0.890. The Labute approximate surface area is 122 Å². The second kappa shape index (κ2) is 5.88. The molecule has 0 saturated carbocycles. The lowest BCUT2D eigenvalue weighted by Gasteiger charge is -2.04. The molecule has 2 aromatic carbocycles. The molecule has 1 aromatic heterocycles. The minimum Gasteiger partial charge on any atom is -0.497 e. The summed E-state index contributed by atoms with van der Waals surface area (Å²) in [5.41, 5.74) is 5.46. The molecule has 2 nitrogen and oxygen atoms in total. The zero-order chi connectivity index (χ0) is 13.8. The molecule has 3 rings (SSSR count). The fourth-order valence-corrected chi connectivity index (χ4v) is 2.97. The summed E-state index contributed by atoms with van der Waals surface area (Å²) < 4.78 is 5.19. The number of nitrogens with zero attached hydrogens (tertiary/aromatic N) is 1. The van der Waals surface area contributed by atoms with Crippen molar-refractivity contribution in [3.63, 3.8) is 0 Å². The lowest BCUT2D eigenvalue weighted by atomic mass is 10.1. The number of benzene rings is 2. The van der Waals surface area contributed by atoms with Crippen LogP contribution >= 0.6 is 11.3 Å². The fraction of sp³-hybridized carbons (Fsp3) is 0.118. The summed E-state index contributed by atoms with van der Waals surface area (Å²) in [5.74, 6) is 0.890. The van der Waals surface area contributed by atoms with Crippen LogP contribution in [-0.4, -0.2) is 12.1 Å². The van der Waals surface area contributed by atoms with Gasteiger partial charge in [-0.05, 0) is 17.7 Å². The number of rotatable bonds is 4. The van der Waals surface area contributed by atoms with E-state index in [9.17, 15) is 0 Å². The van der Waals surface area contributed by atoms with E-state index in [1.165, 1.54) is 16.0 Å². The van der Waals surface area contributed by atoms with E-state index >= 15 is 0 Å². The summed E-state index contributed by atoms with van der Waals surface area (Å²) in [7, 11) is 1.69. The molecule has 3 heteroatoms. The fourth-order valence-electron chi connectivity index (χ4n) is 2.16. The Bertz CT molecular complexity index is 674. The highest BCUT2D eigenvalue weighted by molar-refractivity contribution is 7.10. The quantitative estimate of drug-likeness (QED) is 0.706. The highest BCUT2D eigenvalue weighted by Crippen LogP contribution is 2.27. The molecule has 0 atom stereocenters. The Morgan fingerprint density at radius 3 is 2.45 bits per heavy atom. The molecule has 0 aliphatic rings. The maximum atomic E-state index is 5.19. The van der Waals surface area contributed by atoms with Crippen molar-refractivity contribution in [3.8, 4) is 17.0 Å². The Morgan fingerprint density at radius 1 is 1.00 bits per heavy atom. The molecule has 0 N–H and O–H groups in total. The normalized spacial score (nSPS) is 10.4. The summed E-state index contributed by atoms with van der Waals surface area (Å²) >= 11 is 1.71. The molecule has 0 saturated heterocycles. The predicted molar refractivity (Wildman–Crippen MR) is 83.4 cm³/mol. The van der Waals surface area contributed by atoms with Gasteiger partial charge in [0, 0.05) is 16.9 Å². The monoisotopic (exact) mass is 281 g/mol. The summed E-state index contributed by atoms with van der Waals surface area (Å²) in [6.45, 7) is 0. The lowest BCUT2D eigenvalue weighted by molar-refractivity contribution is 0.414. The van der Waals surface area contributed by atoms with Gasteiger partial charge in [-0.25, -0.2) is 4.98 Å². The Kier molecular flexibility index (Phi) is 3.79. The van der Waals surface area contributed by atoms with E-state index in [0.29, 0.717) is 0 Å². The third-order valence-corrected chi connectivity index (χ3v) is 4.04. The van der Waals surface area contributed by atoms with Crippen molar-refractivity contribution in [2.45, 2.75) is 6.42 Å². The van der Waals surface area contributed by atoms with Gasteiger partial charge in [-0.3, -0.25) is 0 Å². The average molecular weight is 281 g/mol. The number of aromatic nitrogens is 1. The standard InChI is InChI=1S/C17H15NOS/c1-19-15-9-7-13(8-10-15)11-16-17(18-12-20-16)14-5-3-2-4-6-14/h2-10,12H,11H2,1H3. The van der Waals surface area contributed by atoms with E-state index in [4.69, 9.17) is 4.74 Å². The van der Waals surface area contributed by atoms with Gasteiger partial charge in [0.25, 0.3) is 0 Å². The SMILES string of the molecule is COc1ccc(Cc2scnc2-c2ccccc2)cc1. The largest absolute Gasteiger partial charge is 0.497 e. The van der Waals surface area contributed by atoms with Gasteiger partial charge in [0.2, 0.25) is 0 Å². The predicted octanol–water partition coefficient (Wildman–Crippen LogP) is 4.41. The van der Waals surface area contributed by atoms with Crippen LogP contribution in [0.25, 0.3) is 11.3 Å². The number of methoxy groups -OCH3 is 1. The van der Waals surface area contributed by atoms with Crippen LogP contribution in [0.4, 0.5) is 0 Å². The Hall–Kier alpha value is -2.13. The third kappa shape index (κ3) is 2.73. The van der Waals surface area contributed by atoms with E-state index in [-0.39, 0.29) is 0 Å². The number of thiazole rings is 1. The van der Waals surface area contributed by atoms with Crippen LogP contribution in [-0.2, 0) is 6.42 Å². The van der Waals surface area contributed by atoms with E-state index in [1.54, 1.807) is 18.4 Å². The summed E-state index contributed by atoms with van der Waals surface area (Å²) in [5, 5.41) is 0. The van der Waals surface area contributed by atoms with Gasteiger partial charge >= 0.3 is 0 Å². The number of hydrogen-bond donors (Lipinski definition) is 0. The molecule has 0 spiro atoms. The van der Waals surface area contributed by atoms with Gasteiger partial charge in [0.15, 0.2) is 0 Å². The first-order valence-corrected chi connectivity index (χ1v) is 7.35. The van der Waals surface area contributed by atoms with E-state index < -0.39 is 0 Å². The van der Waals surface area contributed by atoms with Crippen LogP contribution in [0.3, 0.4) is 0 Å². The van der Waals surface area contributed by atoms with Gasteiger partial charge in [0.05, 0.1) is 18.3 Å². The summed E-state index contributed by atoms with van der Waals surface area (Å²) in [6, 6.07) is 18.5. The minimum absolute atomic E-state index is 0.890. The van der Waals surface area contributed by atoms with Crippen LogP contribution in [0.2, 0.25) is 0 Å². The molecule has 0 aliphatic heterocycles. The molecule has 0 bridgehead atoms. The molecule has 3 aromatic rings. The highest BCUT2D eigenvalue weighted by Gasteiger charge is 2.09. The second-order valence-electron chi connectivity index (χ2n) is 4.52. The van der Waals surface area contributed by atoms with E-state index in [0.717, 1.165) is 17.9 Å². The van der Waals surface area contributed by atoms with Crippen molar-refractivity contribution in [1.82, 2.24) is 4.98 Å². The zero-order valence-electron chi connectivity index (χ0n) is 11.2. The van der Waals surface area contributed by atoms with Gasteiger partial charge in [0.1, 0.15) is 5.75 Å². The number of ether oxygens (including phenoxy) is 1. The van der Waals surface area contributed by atoms with Crippen molar-refractivity contribution >= 4 is 11.3 Å². The zero-order valence-corrected chi connectivity index (χ0v) is 12.1. The van der Waals surface area contributed by atoms with Crippen LogP contribution in [0, 0.1) is 0 Å². The molecule has 1 heterocycles. The van der Waals surface area contributed by atoms with E-state index in [1.807, 2.05) is 35.8 Å². The third-order valence-electron chi connectivity index (χ3n) is 3.21. The number of hydrogen-bond acceptors (Lipinski definition) is 3. The maximum absolute atomic E-state index is 5.19. The second-order valence-corrected chi connectivity index (χ2v) is 5.45. The van der Waals surface area contributed by atoms with Crippen molar-refractivity contribution in [3.05, 3.63) is 70.5 Å². The van der Waals surface area contributed by atoms with Gasteiger partial charge in [-0.2, -0.15) is 0 Å². The van der Waals surface area contributed by atoms with Crippen LogP contribution in [0.15, 0.2) is 60.1 Å². The Morgan fingerprint density at radius 2 is 1.75 bits per heavy atom. The molecule has 20 heavy (non-hydrogen) atoms. The molecule has 0 aliphatic carbocycles. The molecule has 0 radical (unpaired) electrons. The van der Waals surface area contributed by atoms with Crippen molar-refractivity contribution < 1.29 is 4.74 Å². The van der Waals surface area contributed by atoms with Gasteiger partial charge in [-0.15, -0.1) is 11.3 Å². The maximum Gasteiger partial charge on any atom is 0.118 e. The first kappa shape index (κ1) is 12.9. The molecule has 0 fully saturated rings. The molecule has 0 unspecified atom stereocenters. The van der Waals surface area contributed by atoms with Crippen molar-refractivity contribution in [2.24, 2.45) is 0 Å².